The zero-order valence-corrected chi connectivity index (χ0v) is 16.9. The van der Waals surface area contributed by atoms with E-state index < -0.39 is 0 Å². The first-order chi connectivity index (χ1) is 10.4. The number of thiophene rings is 1. The van der Waals surface area contributed by atoms with E-state index in [2.05, 4.69) is 52.0 Å². The second kappa shape index (κ2) is 9.89. The van der Waals surface area contributed by atoms with Crippen molar-refractivity contribution in [3.8, 4) is 0 Å². The first-order valence-electron chi connectivity index (χ1n) is 7.44. The number of ether oxygens (including phenoxy) is 1. The van der Waals surface area contributed by atoms with Gasteiger partial charge in [-0.25, -0.2) is 0 Å². The van der Waals surface area contributed by atoms with Crippen molar-refractivity contribution in [3.63, 3.8) is 0 Å². The number of hydrogen-bond donors (Lipinski definition) is 0. The van der Waals surface area contributed by atoms with Gasteiger partial charge in [0.1, 0.15) is 6.10 Å². The number of rotatable bonds is 0. The average molecular weight is 381 g/mol. The summed E-state index contributed by atoms with van der Waals surface area (Å²) in [5.41, 5.74) is 0. The van der Waals surface area contributed by atoms with Crippen molar-refractivity contribution < 1.29 is 4.74 Å². The van der Waals surface area contributed by atoms with Crippen LogP contribution in [0.2, 0.25) is 0 Å². The van der Waals surface area contributed by atoms with E-state index in [1.165, 1.54) is 9.75 Å². The fraction of sp³-hybridized carbons (Fsp3) is 0.368. The molecule has 0 aromatic carbocycles. The average Bonchev–Trinajstić information content (AvgIpc) is 2.99. The van der Waals surface area contributed by atoms with Crippen LogP contribution in [-0.4, -0.2) is 20.6 Å². The van der Waals surface area contributed by atoms with E-state index >= 15 is 0 Å². The first-order valence-corrected chi connectivity index (χ1v) is 9.97. The molecule has 120 valence electrons. The molecular weight excluding hydrogens is 355 g/mol. The van der Waals surface area contributed by atoms with Gasteiger partial charge in [0.05, 0.1) is 5.76 Å². The van der Waals surface area contributed by atoms with Crippen LogP contribution in [0.25, 0.3) is 0 Å². The summed E-state index contributed by atoms with van der Waals surface area (Å²) in [6, 6.07) is 8.69. The van der Waals surface area contributed by atoms with E-state index in [-0.39, 0.29) is 6.10 Å². The molecule has 1 atom stereocenters. The predicted octanol–water partition coefficient (Wildman–Crippen LogP) is 5.59. The van der Waals surface area contributed by atoms with Gasteiger partial charge in [-0.1, -0.05) is 6.08 Å². The third kappa shape index (κ3) is 8.43. The Morgan fingerprint density at radius 3 is 1.68 bits per heavy atom. The van der Waals surface area contributed by atoms with Crippen molar-refractivity contribution in [3.05, 3.63) is 66.9 Å². The van der Waals surface area contributed by atoms with Gasteiger partial charge in [0.2, 0.25) is 0 Å². The van der Waals surface area contributed by atoms with Crippen LogP contribution < -0.4 is 0 Å². The van der Waals surface area contributed by atoms with E-state index in [1.807, 2.05) is 43.4 Å². The predicted molar refractivity (Wildman–Crippen MR) is 100 cm³/mol. The minimum atomic E-state index is 0.264. The summed E-state index contributed by atoms with van der Waals surface area (Å²) in [6.45, 7) is 12.6. The van der Waals surface area contributed by atoms with Crippen LogP contribution >= 0.6 is 11.3 Å². The first kappa shape index (κ1) is 19.0. The zero-order chi connectivity index (χ0) is 16.5. The summed E-state index contributed by atoms with van der Waals surface area (Å²) in [6.07, 6.45) is 6.26. The SMILES string of the molecule is CC1=CC=CC(C)O1.Cc1ccc(C)[se]1.Cc1ccc(C)s1. The molecule has 2 aromatic rings. The molecule has 0 N–H and O–H groups in total. The van der Waals surface area contributed by atoms with Crippen molar-refractivity contribution in [2.75, 3.05) is 0 Å². The van der Waals surface area contributed by atoms with Gasteiger partial charge >= 0.3 is 49.4 Å². The third-order valence-corrected chi connectivity index (χ3v) is 5.67. The summed E-state index contributed by atoms with van der Waals surface area (Å²) in [5.74, 6) is 1.00. The quantitative estimate of drug-likeness (QED) is 0.541. The molecule has 0 bridgehead atoms. The monoisotopic (exact) mass is 382 g/mol. The molecule has 0 fully saturated rings. The fourth-order valence-corrected chi connectivity index (χ4v) is 4.25. The molecule has 0 amide bonds. The Morgan fingerprint density at radius 2 is 1.45 bits per heavy atom. The number of allylic oxidation sites excluding steroid dienone is 3. The maximum Gasteiger partial charge on any atom is 0.00170 e. The van der Waals surface area contributed by atoms with Gasteiger partial charge in [0.15, 0.2) is 0 Å². The smallest absolute Gasteiger partial charge is 0.00170 e. The normalized spacial score (nSPS) is 15.7. The molecule has 3 rings (SSSR count). The molecular formula is C19H26OSSe. The Bertz CT molecular complexity index is 548. The van der Waals surface area contributed by atoms with Gasteiger partial charge in [-0.05, 0) is 52.0 Å². The standard InChI is InChI=1S/C7H10O.C6H8S.C6H8Se/c1-6-4-3-5-7(2)8-6;2*1-5-3-4-6(2)7-5/h3-6H,1-2H3;2*3-4H,1-2H3. The van der Waals surface area contributed by atoms with Crippen molar-refractivity contribution in [1.82, 2.24) is 0 Å². The van der Waals surface area contributed by atoms with Crippen LogP contribution in [0.5, 0.6) is 0 Å². The maximum absolute atomic E-state index is 5.26. The Balaban J connectivity index is 0.000000166. The van der Waals surface area contributed by atoms with Gasteiger partial charge in [-0.2, -0.15) is 0 Å². The van der Waals surface area contributed by atoms with Gasteiger partial charge in [0.25, 0.3) is 0 Å². The minimum Gasteiger partial charge on any atom is -0.146 e. The molecule has 3 heterocycles. The van der Waals surface area contributed by atoms with Crippen molar-refractivity contribution in [2.45, 2.75) is 47.6 Å². The van der Waals surface area contributed by atoms with E-state index in [0.717, 1.165) is 5.76 Å². The Hall–Kier alpha value is -1.02. The summed E-state index contributed by atoms with van der Waals surface area (Å²) >= 11 is 2.55. The maximum atomic E-state index is 5.26. The minimum absolute atomic E-state index is 0.264. The Labute approximate surface area is 145 Å². The second-order valence-electron chi connectivity index (χ2n) is 5.30. The number of aryl methyl sites for hydroxylation is 4. The molecule has 1 aliphatic rings. The van der Waals surface area contributed by atoms with Crippen LogP contribution in [0.3, 0.4) is 0 Å². The van der Waals surface area contributed by atoms with Crippen molar-refractivity contribution >= 4 is 25.8 Å². The molecule has 1 unspecified atom stereocenters. The molecule has 0 spiro atoms. The van der Waals surface area contributed by atoms with Crippen LogP contribution in [0.4, 0.5) is 0 Å². The third-order valence-electron chi connectivity index (χ3n) is 2.83. The van der Waals surface area contributed by atoms with Gasteiger partial charge in [-0.3, -0.25) is 0 Å². The fourth-order valence-electron chi connectivity index (χ4n) is 1.83. The largest absolute Gasteiger partial charge is 0.146 e. The molecule has 0 radical (unpaired) electrons. The molecule has 0 saturated heterocycles. The number of hydrogen-bond acceptors (Lipinski definition) is 2. The van der Waals surface area contributed by atoms with Crippen molar-refractivity contribution in [1.29, 1.82) is 0 Å². The van der Waals surface area contributed by atoms with Crippen LogP contribution in [0, 0.1) is 27.7 Å². The molecule has 1 aliphatic heterocycles. The van der Waals surface area contributed by atoms with E-state index in [1.54, 1.807) is 8.87 Å². The Morgan fingerprint density at radius 1 is 0.909 bits per heavy atom. The van der Waals surface area contributed by atoms with Crippen LogP contribution in [-0.2, 0) is 4.74 Å². The molecule has 2 aromatic heterocycles. The van der Waals surface area contributed by atoms with E-state index in [4.69, 9.17) is 4.74 Å². The van der Waals surface area contributed by atoms with Crippen LogP contribution in [0.1, 0.15) is 32.5 Å². The summed E-state index contributed by atoms with van der Waals surface area (Å²) in [4.78, 5) is 2.80. The summed E-state index contributed by atoms with van der Waals surface area (Å²) in [5, 5.41) is 0. The van der Waals surface area contributed by atoms with Crippen LogP contribution in [0.15, 0.2) is 48.3 Å². The Kier molecular flexibility index (Phi) is 8.55. The van der Waals surface area contributed by atoms with E-state index in [0.29, 0.717) is 14.5 Å². The molecule has 0 aliphatic carbocycles. The second-order valence-corrected chi connectivity index (χ2v) is 9.92. The molecule has 1 nitrogen and oxygen atoms in total. The zero-order valence-electron chi connectivity index (χ0n) is 14.3. The molecule has 0 saturated carbocycles. The summed E-state index contributed by atoms with van der Waals surface area (Å²) in [7, 11) is 0. The summed E-state index contributed by atoms with van der Waals surface area (Å²) < 4.78 is 8.35. The van der Waals surface area contributed by atoms with Crippen molar-refractivity contribution in [2.24, 2.45) is 0 Å². The molecule has 3 heteroatoms. The molecule has 22 heavy (non-hydrogen) atoms. The van der Waals surface area contributed by atoms with E-state index in [9.17, 15) is 0 Å². The van der Waals surface area contributed by atoms with Gasteiger partial charge < -0.3 is 4.74 Å². The van der Waals surface area contributed by atoms with Gasteiger partial charge in [0, 0.05) is 9.75 Å². The van der Waals surface area contributed by atoms with Gasteiger partial charge in [-0.15, -0.1) is 11.3 Å². The topological polar surface area (TPSA) is 9.23 Å².